The fraction of sp³-hybridized carbons (Fsp3) is 0.0833. The number of anilines is 3. The summed E-state index contributed by atoms with van der Waals surface area (Å²) < 4.78 is 5.07. The Kier molecular flexibility index (Phi) is 3.79. The topological polar surface area (TPSA) is 60.2 Å². The number of nitrogens with one attached hydrogen (secondary N) is 1. The first kappa shape index (κ1) is 12.8. The fourth-order valence-corrected chi connectivity index (χ4v) is 1.91. The van der Waals surface area contributed by atoms with Crippen LogP contribution in [0.3, 0.4) is 0 Å². The first-order valence-electron chi connectivity index (χ1n) is 5.11. The van der Waals surface area contributed by atoms with Crippen LogP contribution in [0.15, 0.2) is 30.5 Å². The number of benzene rings is 1. The SMILES string of the molecule is COc1ccc(Nc2ncc(N)cc2Cl)cc1Cl. The van der Waals surface area contributed by atoms with Crippen molar-refractivity contribution >= 4 is 40.4 Å². The molecule has 1 aromatic carbocycles. The zero-order valence-corrected chi connectivity index (χ0v) is 11.1. The van der Waals surface area contributed by atoms with Crippen LogP contribution < -0.4 is 15.8 Å². The van der Waals surface area contributed by atoms with Gasteiger partial charge in [-0.3, -0.25) is 0 Å². The summed E-state index contributed by atoms with van der Waals surface area (Å²) in [6.45, 7) is 0. The third-order valence-corrected chi connectivity index (χ3v) is 2.86. The maximum atomic E-state index is 6.02. The summed E-state index contributed by atoms with van der Waals surface area (Å²) in [5.41, 5.74) is 6.85. The van der Waals surface area contributed by atoms with Crippen LogP contribution in [0, 0.1) is 0 Å². The first-order chi connectivity index (χ1) is 8.60. The number of aromatic nitrogens is 1. The number of nitrogen functional groups attached to an aromatic ring is 1. The lowest BCUT2D eigenvalue weighted by molar-refractivity contribution is 0.415. The zero-order valence-electron chi connectivity index (χ0n) is 9.58. The number of rotatable bonds is 3. The normalized spacial score (nSPS) is 10.2. The predicted octanol–water partition coefficient (Wildman–Crippen LogP) is 3.72. The van der Waals surface area contributed by atoms with Gasteiger partial charge in [-0.1, -0.05) is 23.2 Å². The van der Waals surface area contributed by atoms with Gasteiger partial charge < -0.3 is 15.8 Å². The molecule has 0 bridgehead atoms. The minimum absolute atomic E-state index is 0.446. The molecule has 94 valence electrons. The van der Waals surface area contributed by atoms with Crippen molar-refractivity contribution < 1.29 is 4.74 Å². The van der Waals surface area contributed by atoms with Crippen molar-refractivity contribution in [3.63, 3.8) is 0 Å². The Hall–Kier alpha value is -1.65. The van der Waals surface area contributed by atoms with Crippen LogP contribution in [0.25, 0.3) is 0 Å². The van der Waals surface area contributed by atoms with Crippen LogP contribution in [0.1, 0.15) is 0 Å². The molecule has 1 heterocycles. The Bertz CT molecular complexity index is 575. The minimum atomic E-state index is 0.446. The van der Waals surface area contributed by atoms with Gasteiger partial charge in [0.15, 0.2) is 0 Å². The van der Waals surface area contributed by atoms with Crippen molar-refractivity contribution in [1.29, 1.82) is 0 Å². The van der Waals surface area contributed by atoms with Gasteiger partial charge >= 0.3 is 0 Å². The van der Waals surface area contributed by atoms with E-state index in [1.807, 2.05) is 6.07 Å². The zero-order chi connectivity index (χ0) is 13.1. The Balaban J connectivity index is 2.26. The van der Waals surface area contributed by atoms with Gasteiger partial charge in [0, 0.05) is 5.69 Å². The van der Waals surface area contributed by atoms with Crippen LogP contribution in [-0.2, 0) is 0 Å². The van der Waals surface area contributed by atoms with Gasteiger partial charge in [0.05, 0.1) is 29.0 Å². The molecule has 0 aliphatic carbocycles. The molecule has 18 heavy (non-hydrogen) atoms. The van der Waals surface area contributed by atoms with E-state index < -0.39 is 0 Å². The molecule has 4 nitrogen and oxygen atoms in total. The Morgan fingerprint density at radius 3 is 2.61 bits per heavy atom. The number of methoxy groups -OCH3 is 1. The third kappa shape index (κ3) is 2.78. The van der Waals surface area contributed by atoms with E-state index in [1.165, 1.54) is 6.20 Å². The van der Waals surface area contributed by atoms with Gasteiger partial charge in [-0.25, -0.2) is 4.98 Å². The Morgan fingerprint density at radius 1 is 1.22 bits per heavy atom. The fourth-order valence-electron chi connectivity index (χ4n) is 1.43. The van der Waals surface area contributed by atoms with Crippen LogP contribution >= 0.6 is 23.2 Å². The molecule has 0 saturated carbocycles. The van der Waals surface area contributed by atoms with E-state index in [1.54, 1.807) is 25.3 Å². The highest BCUT2D eigenvalue weighted by Gasteiger charge is 2.05. The van der Waals surface area contributed by atoms with Crippen molar-refractivity contribution in [1.82, 2.24) is 4.98 Å². The average Bonchev–Trinajstić information content (AvgIpc) is 2.33. The highest BCUT2D eigenvalue weighted by atomic mass is 35.5. The van der Waals surface area contributed by atoms with Gasteiger partial charge in [0.1, 0.15) is 11.6 Å². The molecule has 3 N–H and O–H groups in total. The number of hydrogen-bond acceptors (Lipinski definition) is 4. The molecular formula is C12H11Cl2N3O. The predicted molar refractivity (Wildman–Crippen MR) is 74.9 cm³/mol. The summed E-state index contributed by atoms with van der Waals surface area (Å²) in [5.74, 6) is 1.13. The van der Waals surface area contributed by atoms with E-state index in [9.17, 15) is 0 Å². The smallest absolute Gasteiger partial charge is 0.149 e. The second-order valence-electron chi connectivity index (χ2n) is 3.57. The Morgan fingerprint density at radius 2 is 2.00 bits per heavy atom. The van der Waals surface area contributed by atoms with Crippen LogP contribution in [0.5, 0.6) is 5.75 Å². The molecule has 2 aromatic rings. The van der Waals surface area contributed by atoms with Crippen molar-refractivity contribution in [3.05, 3.63) is 40.5 Å². The van der Waals surface area contributed by atoms with Gasteiger partial charge in [0.25, 0.3) is 0 Å². The van der Waals surface area contributed by atoms with Gasteiger partial charge in [-0.2, -0.15) is 0 Å². The summed E-state index contributed by atoms with van der Waals surface area (Å²) in [4.78, 5) is 4.10. The average molecular weight is 284 g/mol. The number of ether oxygens (including phenoxy) is 1. The van der Waals surface area contributed by atoms with E-state index in [-0.39, 0.29) is 0 Å². The number of hydrogen-bond donors (Lipinski definition) is 2. The van der Waals surface area contributed by atoms with Crippen molar-refractivity contribution in [2.45, 2.75) is 0 Å². The van der Waals surface area contributed by atoms with Crippen molar-refractivity contribution in [3.8, 4) is 5.75 Å². The number of nitrogens with zero attached hydrogens (tertiary/aromatic N) is 1. The second kappa shape index (κ2) is 5.33. The second-order valence-corrected chi connectivity index (χ2v) is 4.39. The molecule has 2 rings (SSSR count). The molecule has 0 radical (unpaired) electrons. The molecule has 6 heteroatoms. The number of pyridine rings is 1. The Labute approximate surface area is 115 Å². The van der Waals surface area contributed by atoms with E-state index in [0.29, 0.717) is 27.3 Å². The summed E-state index contributed by atoms with van der Waals surface area (Å²) >= 11 is 12.0. The maximum Gasteiger partial charge on any atom is 0.149 e. The highest BCUT2D eigenvalue weighted by molar-refractivity contribution is 6.33. The molecule has 1 aromatic heterocycles. The van der Waals surface area contributed by atoms with Crippen molar-refractivity contribution in [2.24, 2.45) is 0 Å². The standard InChI is InChI=1S/C12H11Cl2N3O/c1-18-11-3-2-8(5-9(11)13)17-12-10(14)4-7(15)6-16-12/h2-6H,15H2,1H3,(H,16,17). The maximum absolute atomic E-state index is 6.02. The molecule has 0 unspecified atom stereocenters. The molecule has 0 aliphatic heterocycles. The number of halogens is 2. The lowest BCUT2D eigenvalue weighted by Crippen LogP contribution is -1.96. The molecule has 0 saturated heterocycles. The van der Waals surface area contributed by atoms with Crippen LogP contribution in [0.2, 0.25) is 10.0 Å². The molecule has 0 amide bonds. The molecule has 0 fully saturated rings. The summed E-state index contributed by atoms with van der Waals surface area (Å²) in [5, 5.41) is 4.01. The van der Waals surface area contributed by atoms with E-state index in [0.717, 1.165) is 5.69 Å². The lowest BCUT2D eigenvalue weighted by atomic mass is 10.3. The third-order valence-electron chi connectivity index (χ3n) is 2.28. The van der Waals surface area contributed by atoms with Gasteiger partial charge in [-0.05, 0) is 24.3 Å². The molecule has 0 atom stereocenters. The quantitative estimate of drug-likeness (QED) is 0.901. The van der Waals surface area contributed by atoms with Crippen LogP contribution in [-0.4, -0.2) is 12.1 Å². The van der Waals surface area contributed by atoms with Gasteiger partial charge in [-0.15, -0.1) is 0 Å². The van der Waals surface area contributed by atoms with Gasteiger partial charge in [0.2, 0.25) is 0 Å². The largest absolute Gasteiger partial charge is 0.495 e. The van der Waals surface area contributed by atoms with E-state index in [4.69, 9.17) is 33.7 Å². The monoisotopic (exact) mass is 283 g/mol. The first-order valence-corrected chi connectivity index (χ1v) is 5.87. The minimum Gasteiger partial charge on any atom is -0.495 e. The molecule has 0 aliphatic rings. The van der Waals surface area contributed by atoms with E-state index in [2.05, 4.69) is 10.3 Å². The van der Waals surface area contributed by atoms with Crippen molar-refractivity contribution in [2.75, 3.05) is 18.2 Å². The number of nitrogens with two attached hydrogens (primary N) is 1. The molecule has 0 spiro atoms. The summed E-state index contributed by atoms with van der Waals surface area (Å²) in [6.07, 6.45) is 1.53. The molecular weight excluding hydrogens is 273 g/mol. The van der Waals surface area contributed by atoms with Crippen LogP contribution in [0.4, 0.5) is 17.2 Å². The summed E-state index contributed by atoms with van der Waals surface area (Å²) in [6, 6.07) is 6.94. The van der Waals surface area contributed by atoms with E-state index >= 15 is 0 Å². The highest BCUT2D eigenvalue weighted by Crippen LogP contribution is 2.30. The summed E-state index contributed by atoms with van der Waals surface area (Å²) in [7, 11) is 1.56. The lowest BCUT2D eigenvalue weighted by Gasteiger charge is -2.09.